The summed E-state index contributed by atoms with van der Waals surface area (Å²) >= 11 is 2.24. The molecule has 0 radical (unpaired) electrons. The van der Waals surface area contributed by atoms with Gasteiger partial charge >= 0.3 is 0 Å². The highest BCUT2D eigenvalue weighted by molar-refractivity contribution is 14.1. The molecule has 0 N–H and O–H groups in total. The van der Waals surface area contributed by atoms with E-state index in [0.717, 1.165) is 14.3 Å². The molecule has 1 aromatic carbocycles. The van der Waals surface area contributed by atoms with Crippen LogP contribution in [0.25, 0.3) is 10.8 Å². The average molecular weight is 383 g/mol. The van der Waals surface area contributed by atoms with Crippen molar-refractivity contribution in [2.75, 3.05) is 0 Å². The number of nitrogens with zero attached hydrogens (tertiary/aromatic N) is 1. The van der Waals surface area contributed by atoms with E-state index in [9.17, 15) is 4.79 Å². The molecule has 5 heteroatoms. The van der Waals surface area contributed by atoms with Crippen LogP contribution in [0.5, 0.6) is 0 Å². The van der Waals surface area contributed by atoms with Gasteiger partial charge in [-0.1, -0.05) is 6.07 Å². The minimum Gasteiger partial charge on any atom is -0.457 e. The van der Waals surface area contributed by atoms with Gasteiger partial charge in [0.05, 0.1) is 6.54 Å². The van der Waals surface area contributed by atoms with E-state index >= 15 is 0 Å². The SMILES string of the molecule is CC1(C)OC=C(Cn2ccc3c(I)cccc3c2=O)O1. The van der Waals surface area contributed by atoms with E-state index in [1.54, 1.807) is 17.0 Å². The molecule has 0 amide bonds. The van der Waals surface area contributed by atoms with Crippen LogP contribution in [0.15, 0.2) is 47.3 Å². The number of ether oxygens (including phenoxy) is 2. The molecule has 1 aliphatic rings. The summed E-state index contributed by atoms with van der Waals surface area (Å²) in [6.45, 7) is 4.05. The number of aromatic nitrogens is 1. The van der Waals surface area contributed by atoms with Crippen molar-refractivity contribution in [3.05, 3.63) is 56.4 Å². The van der Waals surface area contributed by atoms with Crippen LogP contribution in [0.2, 0.25) is 0 Å². The Labute approximate surface area is 130 Å². The summed E-state index contributed by atoms with van der Waals surface area (Å²) in [5.74, 6) is 0.00705. The molecule has 0 spiro atoms. The molecule has 0 aliphatic carbocycles. The lowest BCUT2D eigenvalue weighted by atomic mass is 10.2. The van der Waals surface area contributed by atoms with Crippen LogP contribution in [0.3, 0.4) is 0 Å². The normalized spacial score (nSPS) is 16.6. The number of benzene rings is 1. The number of pyridine rings is 1. The van der Waals surface area contributed by atoms with Crippen LogP contribution in [-0.4, -0.2) is 10.4 Å². The second kappa shape index (κ2) is 4.80. The van der Waals surface area contributed by atoms with Gasteiger partial charge in [-0.2, -0.15) is 0 Å². The van der Waals surface area contributed by atoms with Gasteiger partial charge in [-0.25, -0.2) is 0 Å². The summed E-state index contributed by atoms with van der Waals surface area (Å²) < 4.78 is 13.7. The van der Waals surface area contributed by atoms with E-state index in [-0.39, 0.29) is 5.56 Å². The van der Waals surface area contributed by atoms with E-state index in [4.69, 9.17) is 9.47 Å². The first kappa shape index (κ1) is 13.5. The fourth-order valence-corrected chi connectivity index (χ4v) is 2.89. The number of fused-ring (bicyclic) bond motifs is 1. The lowest BCUT2D eigenvalue weighted by Crippen LogP contribution is -2.24. The monoisotopic (exact) mass is 383 g/mol. The highest BCUT2D eigenvalue weighted by Crippen LogP contribution is 2.25. The van der Waals surface area contributed by atoms with Crippen molar-refractivity contribution in [3.8, 4) is 0 Å². The van der Waals surface area contributed by atoms with Crippen LogP contribution >= 0.6 is 22.6 Å². The topological polar surface area (TPSA) is 40.5 Å². The fourth-order valence-electron chi connectivity index (χ4n) is 2.21. The van der Waals surface area contributed by atoms with Gasteiger partial charge in [0.1, 0.15) is 6.26 Å². The zero-order chi connectivity index (χ0) is 14.3. The molecule has 2 heterocycles. The van der Waals surface area contributed by atoms with Gasteiger partial charge in [-0.3, -0.25) is 4.79 Å². The van der Waals surface area contributed by atoms with Crippen LogP contribution in [0, 0.1) is 3.57 Å². The molecule has 1 aromatic heterocycles. The molecule has 0 saturated carbocycles. The smallest absolute Gasteiger partial charge is 0.258 e. The van der Waals surface area contributed by atoms with Gasteiger partial charge in [0.15, 0.2) is 5.76 Å². The first-order chi connectivity index (χ1) is 9.46. The molecule has 0 atom stereocenters. The Kier molecular flexibility index (Phi) is 3.24. The summed E-state index contributed by atoms with van der Waals surface area (Å²) in [5, 5.41) is 1.70. The van der Waals surface area contributed by atoms with E-state index in [2.05, 4.69) is 22.6 Å². The summed E-state index contributed by atoms with van der Waals surface area (Å²) in [6.07, 6.45) is 3.37. The van der Waals surface area contributed by atoms with Crippen molar-refractivity contribution in [3.63, 3.8) is 0 Å². The summed E-state index contributed by atoms with van der Waals surface area (Å²) in [6, 6.07) is 7.69. The van der Waals surface area contributed by atoms with Crippen LogP contribution in [0.1, 0.15) is 13.8 Å². The van der Waals surface area contributed by atoms with E-state index in [0.29, 0.717) is 12.3 Å². The molecule has 2 aromatic rings. The maximum absolute atomic E-state index is 12.5. The molecule has 3 rings (SSSR count). The summed E-state index contributed by atoms with van der Waals surface area (Å²) in [5.41, 5.74) is -0.0183. The lowest BCUT2D eigenvalue weighted by molar-refractivity contribution is -0.118. The molecular weight excluding hydrogens is 369 g/mol. The first-order valence-corrected chi connectivity index (χ1v) is 7.38. The third kappa shape index (κ3) is 2.42. The minimum atomic E-state index is -0.648. The summed E-state index contributed by atoms with van der Waals surface area (Å²) in [7, 11) is 0. The predicted octanol–water partition coefficient (Wildman–Crippen LogP) is 3.23. The third-order valence-electron chi connectivity index (χ3n) is 3.14. The van der Waals surface area contributed by atoms with E-state index in [1.165, 1.54) is 0 Å². The molecule has 0 unspecified atom stereocenters. The standard InChI is InChI=1S/C15H14INO3/c1-15(2)19-9-10(20-15)8-17-7-6-11-12(14(17)18)4-3-5-13(11)16/h3-7,9H,8H2,1-2H3. The van der Waals surface area contributed by atoms with Crippen molar-refractivity contribution in [2.45, 2.75) is 26.2 Å². The summed E-state index contributed by atoms with van der Waals surface area (Å²) in [4.78, 5) is 12.5. The molecular formula is C15H14INO3. The van der Waals surface area contributed by atoms with Gasteiger partial charge in [0, 0.05) is 34.4 Å². The predicted molar refractivity (Wildman–Crippen MR) is 85.3 cm³/mol. The second-order valence-electron chi connectivity index (χ2n) is 5.15. The molecule has 104 valence electrons. The van der Waals surface area contributed by atoms with Gasteiger partial charge < -0.3 is 14.0 Å². The van der Waals surface area contributed by atoms with Crippen molar-refractivity contribution >= 4 is 33.4 Å². The number of hydrogen-bond acceptors (Lipinski definition) is 3. The molecule has 4 nitrogen and oxygen atoms in total. The van der Waals surface area contributed by atoms with Crippen molar-refractivity contribution in [2.24, 2.45) is 0 Å². The van der Waals surface area contributed by atoms with Gasteiger partial charge in [0.25, 0.3) is 5.56 Å². The minimum absolute atomic E-state index is 0.0183. The fraction of sp³-hybridized carbons (Fsp3) is 0.267. The average Bonchev–Trinajstić information content (AvgIpc) is 2.73. The highest BCUT2D eigenvalue weighted by atomic mass is 127. The largest absolute Gasteiger partial charge is 0.457 e. The third-order valence-corrected chi connectivity index (χ3v) is 4.08. The Morgan fingerprint density at radius 1 is 1.25 bits per heavy atom. The Balaban J connectivity index is 1.98. The Morgan fingerprint density at radius 2 is 2.05 bits per heavy atom. The first-order valence-electron chi connectivity index (χ1n) is 6.30. The number of rotatable bonds is 2. The van der Waals surface area contributed by atoms with Crippen molar-refractivity contribution in [1.29, 1.82) is 0 Å². The van der Waals surface area contributed by atoms with Gasteiger partial charge in [0.2, 0.25) is 5.79 Å². The van der Waals surface area contributed by atoms with Gasteiger partial charge in [-0.05, 0) is 40.8 Å². The van der Waals surface area contributed by atoms with E-state index < -0.39 is 5.79 Å². The molecule has 0 saturated heterocycles. The Hall–Kier alpha value is -1.50. The maximum atomic E-state index is 12.5. The molecule has 1 aliphatic heterocycles. The highest BCUT2D eigenvalue weighted by Gasteiger charge is 2.27. The second-order valence-corrected chi connectivity index (χ2v) is 6.32. The van der Waals surface area contributed by atoms with Crippen LogP contribution in [0.4, 0.5) is 0 Å². The Bertz CT molecular complexity index is 761. The van der Waals surface area contributed by atoms with Gasteiger partial charge in [-0.15, -0.1) is 0 Å². The lowest BCUT2D eigenvalue weighted by Gasteiger charge is -2.18. The number of hydrogen-bond donors (Lipinski definition) is 0. The number of allylic oxidation sites excluding steroid dienone is 1. The number of halogens is 1. The zero-order valence-corrected chi connectivity index (χ0v) is 13.4. The molecule has 20 heavy (non-hydrogen) atoms. The van der Waals surface area contributed by atoms with Crippen LogP contribution in [-0.2, 0) is 16.0 Å². The zero-order valence-electron chi connectivity index (χ0n) is 11.2. The molecule has 0 fully saturated rings. The maximum Gasteiger partial charge on any atom is 0.258 e. The van der Waals surface area contributed by atoms with Crippen LogP contribution < -0.4 is 5.56 Å². The quantitative estimate of drug-likeness (QED) is 0.748. The van der Waals surface area contributed by atoms with Crippen molar-refractivity contribution < 1.29 is 9.47 Å². The van der Waals surface area contributed by atoms with Crippen molar-refractivity contribution in [1.82, 2.24) is 4.57 Å². The molecule has 0 bridgehead atoms. The van der Waals surface area contributed by atoms with E-state index in [1.807, 2.05) is 38.1 Å². The Morgan fingerprint density at radius 3 is 2.75 bits per heavy atom.